The Morgan fingerprint density at radius 1 is 1.00 bits per heavy atom. The number of benzene rings is 3. The lowest BCUT2D eigenvalue weighted by Crippen LogP contribution is -2.41. The number of halogens is 1. The summed E-state index contributed by atoms with van der Waals surface area (Å²) in [7, 11) is 0. The molecule has 1 fully saturated rings. The highest BCUT2D eigenvalue weighted by atomic mass is 19.1. The van der Waals surface area contributed by atoms with Gasteiger partial charge in [0, 0.05) is 18.0 Å². The molecule has 3 aromatic rings. The van der Waals surface area contributed by atoms with Crippen LogP contribution in [0.1, 0.15) is 29.8 Å². The minimum absolute atomic E-state index is 0.131. The summed E-state index contributed by atoms with van der Waals surface area (Å²) in [6.07, 6.45) is -0.274. The summed E-state index contributed by atoms with van der Waals surface area (Å²) in [5.41, 5.74) is 1.79. The highest BCUT2D eigenvalue weighted by molar-refractivity contribution is 5.83. The number of fused-ring (bicyclic) bond motifs is 1. The maximum Gasteiger partial charge on any atom is 0.181 e. The summed E-state index contributed by atoms with van der Waals surface area (Å²) in [4.78, 5) is 0. The number of piperidine rings is 1. The fourth-order valence-electron chi connectivity index (χ4n) is 3.67. The first kappa shape index (κ1) is 17.2. The van der Waals surface area contributed by atoms with Crippen molar-refractivity contribution in [2.75, 3.05) is 13.1 Å². The fraction of sp³-hybridized carbons (Fsp3) is 0.273. The highest BCUT2D eigenvalue weighted by Gasteiger charge is 2.29. The summed E-state index contributed by atoms with van der Waals surface area (Å²) >= 11 is 0. The molecule has 4 rings (SSSR count). The minimum atomic E-state index is -0.993. The zero-order chi connectivity index (χ0) is 17.9. The second-order valence-electron chi connectivity index (χ2n) is 6.78. The van der Waals surface area contributed by atoms with E-state index in [0.29, 0.717) is 6.54 Å². The summed E-state index contributed by atoms with van der Waals surface area (Å²) in [6, 6.07) is 20.5. The molecule has 1 saturated heterocycles. The lowest BCUT2D eigenvalue weighted by Gasteiger charge is -2.34. The third-order valence-electron chi connectivity index (χ3n) is 5.09. The third-order valence-corrected chi connectivity index (χ3v) is 5.09. The zero-order valence-electron chi connectivity index (χ0n) is 14.4. The number of nitrogens with one attached hydrogen (secondary N) is 1. The van der Waals surface area contributed by atoms with Gasteiger partial charge in [0.05, 0.1) is 6.10 Å². The second-order valence-corrected chi connectivity index (χ2v) is 6.78. The van der Waals surface area contributed by atoms with Gasteiger partial charge in [-0.15, -0.1) is 0 Å². The van der Waals surface area contributed by atoms with Gasteiger partial charge in [-0.2, -0.15) is 0 Å². The standard InChI is InChI=1S/C22H22FNO2/c23-19-9-7-16(8-10-19)20-11-12-24-14-21(20)26-22(25)18-6-5-15-3-1-2-4-17(15)13-18/h1-10,13,20-22,24-25H,11-12,14H2. The van der Waals surface area contributed by atoms with E-state index in [9.17, 15) is 9.50 Å². The number of hydrogen-bond donors (Lipinski definition) is 2. The van der Waals surface area contributed by atoms with E-state index >= 15 is 0 Å². The molecule has 26 heavy (non-hydrogen) atoms. The highest BCUT2D eigenvalue weighted by Crippen LogP contribution is 2.31. The van der Waals surface area contributed by atoms with Crippen LogP contribution in [0.25, 0.3) is 10.8 Å². The summed E-state index contributed by atoms with van der Waals surface area (Å²) in [6.45, 7) is 1.54. The number of aliphatic hydroxyl groups is 1. The Morgan fingerprint density at radius 2 is 1.77 bits per heavy atom. The Kier molecular flexibility index (Phi) is 4.98. The molecule has 2 N–H and O–H groups in total. The maximum atomic E-state index is 13.2. The Bertz CT molecular complexity index is 881. The first-order valence-corrected chi connectivity index (χ1v) is 8.99. The molecule has 134 valence electrons. The molecule has 0 amide bonds. The topological polar surface area (TPSA) is 41.5 Å². The van der Waals surface area contributed by atoms with Crippen LogP contribution >= 0.6 is 0 Å². The average Bonchev–Trinajstić information content (AvgIpc) is 2.69. The van der Waals surface area contributed by atoms with Crippen LogP contribution in [0.4, 0.5) is 4.39 Å². The molecular formula is C22H22FNO2. The van der Waals surface area contributed by atoms with Gasteiger partial charge in [0.1, 0.15) is 5.82 Å². The predicted molar refractivity (Wildman–Crippen MR) is 100 cm³/mol. The molecule has 3 nitrogen and oxygen atoms in total. The van der Waals surface area contributed by atoms with E-state index in [-0.39, 0.29) is 17.8 Å². The predicted octanol–water partition coefficient (Wildman–Crippen LogP) is 4.13. The molecule has 3 unspecified atom stereocenters. The van der Waals surface area contributed by atoms with Crippen LogP contribution in [-0.2, 0) is 4.74 Å². The van der Waals surface area contributed by atoms with Gasteiger partial charge in [-0.25, -0.2) is 4.39 Å². The van der Waals surface area contributed by atoms with E-state index in [1.165, 1.54) is 12.1 Å². The molecule has 0 spiro atoms. The molecule has 0 aliphatic carbocycles. The lowest BCUT2D eigenvalue weighted by atomic mass is 9.87. The van der Waals surface area contributed by atoms with E-state index in [1.54, 1.807) is 0 Å². The van der Waals surface area contributed by atoms with Crippen molar-refractivity contribution in [1.82, 2.24) is 5.32 Å². The van der Waals surface area contributed by atoms with Crippen LogP contribution in [0.3, 0.4) is 0 Å². The Morgan fingerprint density at radius 3 is 2.58 bits per heavy atom. The van der Waals surface area contributed by atoms with Crippen molar-refractivity contribution in [3.05, 3.63) is 83.7 Å². The van der Waals surface area contributed by atoms with Gasteiger partial charge in [-0.3, -0.25) is 0 Å². The van der Waals surface area contributed by atoms with E-state index in [0.717, 1.165) is 34.9 Å². The Labute approximate surface area is 152 Å². The fourth-order valence-corrected chi connectivity index (χ4v) is 3.67. The van der Waals surface area contributed by atoms with Crippen LogP contribution < -0.4 is 5.32 Å². The van der Waals surface area contributed by atoms with Crippen LogP contribution in [0.15, 0.2) is 66.7 Å². The van der Waals surface area contributed by atoms with Crippen molar-refractivity contribution in [3.63, 3.8) is 0 Å². The number of rotatable bonds is 4. The third kappa shape index (κ3) is 3.63. The van der Waals surface area contributed by atoms with E-state index in [2.05, 4.69) is 5.32 Å². The lowest BCUT2D eigenvalue weighted by molar-refractivity contribution is -0.149. The molecule has 0 radical (unpaired) electrons. The minimum Gasteiger partial charge on any atom is -0.364 e. The van der Waals surface area contributed by atoms with Gasteiger partial charge < -0.3 is 15.2 Å². The van der Waals surface area contributed by atoms with Gasteiger partial charge in [0.25, 0.3) is 0 Å². The molecule has 0 saturated carbocycles. The van der Waals surface area contributed by atoms with Crippen LogP contribution in [0.2, 0.25) is 0 Å². The van der Waals surface area contributed by atoms with Crippen molar-refractivity contribution in [2.24, 2.45) is 0 Å². The number of hydrogen-bond acceptors (Lipinski definition) is 3. The molecule has 1 aliphatic rings. The Hall–Kier alpha value is -2.27. The summed E-state index contributed by atoms with van der Waals surface area (Å²) in [5.74, 6) is -0.108. The maximum absolute atomic E-state index is 13.2. The van der Waals surface area contributed by atoms with Gasteiger partial charge in [-0.1, -0.05) is 48.5 Å². The molecule has 1 heterocycles. The first-order chi connectivity index (χ1) is 12.7. The quantitative estimate of drug-likeness (QED) is 0.695. The summed E-state index contributed by atoms with van der Waals surface area (Å²) in [5, 5.41) is 16.2. The molecule has 3 atom stereocenters. The SMILES string of the molecule is OC(OC1CNCCC1c1ccc(F)cc1)c1ccc2ccccc2c1. The van der Waals surface area contributed by atoms with Crippen molar-refractivity contribution in [2.45, 2.75) is 24.7 Å². The molecule has 1 aliphatic heterocycles. The van der Waals surface area contributed by atoms with Gasteiger partial charge >= 0.3 is 0 Å². The molecule has 0 bridgehead atoms. The monoisotopic (exact) mass is 351 g/mol. The number of ether oxygens (including phenoxy) is 1. The van der Waals surface area contributed by atoms with Crippen LogP contribution in [-0.4, -0.2) is 24.3 Å². The molecule has 4 heteroatoms. The van der Waals surface area contributed by atoms with Gasteiger partial charge in [-0.05, 0) is 47.5 Å². The van der Waals surface area contributed by atoms with Crippen molar-refractivity contribution >= 4 is 10.8 Å². The van der Waals surface area contributed by atoms with E-state index in [4.69, 9.17) is 4.74 Å². The van der Waals surface area contributed by atoms with E-state index in [1.807, 2.05) is 54.6 Å². The second kappa shape index (κ2) is 7.54. The van der Waals surface area contributed by atoms with Crippen molar-refractivity contribution in [1.29, 1.82) is 0 Å². The van der Waals surface area contributed by atoms with Gasteiger partial charge in [0.15, 0.2) is 6.29 Å². The summed E-state index contributed by atoms with van der Waals surface area (Å²) < 4.78 is 19.2. The normalized spacial score (nSPS) is 21.6. The zero-order valence-corrected chi connectivity index (χ0v) is 14.4. The van der Waals surface area contributed by atoms with E-state index < -0.39 is 6.29 Å². The Balaban J connectivity index is 1.53. The largest absolute Gasteiger partial charge is 0.364 e. The van der Waals surface area contributed by atoms with Crippen LogP contribution in [0.5, 0.6) is 0 Å². The van der Waals surface area contributed by atoms with Gasteiger partial charge in [0.2, 0.25) is 0 Å². The van der Waals surface area contributed by atoms with Crippen molar-refractivity contribution in [3.8, 4) is 0 Å². The van der Waals surface area contributed by atoms with Crippen molar-refractivity contribution < 1.29 is 14.2 Å². The first-order valence-electron chi connectivity index (χ1n) is 8.99. The molecular weight excluding hydrogens is 329 g/mol. The average molecular weight is 351 g/mol. The van der Waals surface area contributed by atoms with Crippen LogP contribution in [0, 0.1) is 5.82 Å². The number of aliphatic hydroxyl groups excluding tert-OH is 1. The molecule has 0 aromatic heterocycles. The smallest absolute Gasteiger partial charge is 0.181 e. The molecule has 3 aromatic carbocycles.